The Morgan fingerprint density at radius 1 is 1.45 bits per heavy atom. The first-order valence-corrected chi connectivity index (χ1v) is 7.12. The first-order valence-electron chi connectivity index (χ1n) is 6.07. The van der Waals surface area contributed by atoms with Crippen molar-refractivity contribution in [2.75, 3.05) is 12.4 Å². The van der Waals surface area contributed by atoms with Gasteiger partial charge in [0, 0.05) is 5.75 Å². The van der Waals surface area contributed by atoms with Gasteiger partial charge in [-0.15, -0.1) is 11.8 Å². The molecule has 6 nitrogen and oxygen atoms in total. The predicted octanol–water partition coefficient (Wildman–Crippen LogP) is 1.15. The highest BCUT2D eigenvalue weighted by molar-refractivity contribution is 8.00. The molecule has 1 aromatic carbocycles. The normalized spacial score (nSPS) is 21.8. The van der Waals surface area contributed by atoms with Gasteiger partial charge < -0.3 is 19.8 Å². The van der Waals surface area contributed by atoms with Gasteiger partial charge in [0.2, 0.25) is 0 Å². The highest BCUT2D eigenvalue weighted by Gasteiger charge is 2.39. The van der Waals surface area contributed by atoms with Crippen LogP contribution in [-0.4, -0.2) is 50.8 Å². The quantitative estimate of drug-likeness (QED) is 0.867. The number of aromatic hydroxyl groups is 1. The maximum absolute atomic E-state index is 12.1. The third-order valence-corrected chi connectivity index (χ3v) is 4.23. The van der Waals surface area contributed by atoms with E-state index >= 15 is 0 Å². The molecule has 108 valence electrons. The van der Waals surface area contributed by atoms with E-state index in [-0.39, 0.29) is 23.5 Å². The van der Waals surface area contributed by atoms with Gasteiger partial charge in [-0.3, -0.25) is 4.79 Å². The zero-order valence-corrected chi connectivity index (χ0v) is 11.7. The Labute approximate surface area is 120 Å². The monoisotopic (exact) mass is 297 g/mol. The molecule has 0 bridgehead atoms. The van der Waals surface area contributed by atoms with E-state index in [1.165, 1.54) is 22.7 Å². The number of ether oxygens (including phenoxy) is 1. The third kappa shape index (κ3) is 2.98. The minimum absolute atomic E-state index is 0.0565. The molecule has 2 rings (SSSR count). The number of phenolic OH excluding ortho intramolecular Hbond substituents is 1. The van der Waals surface area contributed by atoms with Gasteiger partial charge in [-0.25, -0.2) is 4.79 Å². The molecule has 1 amide bonds. The van der Waals surface area contributed by atoms with Gasteiger partial charge in [-0.1, -0.05) is 12.1 Å². The van der Waals surface area contributed by atoms with Gasteiger partial charge in [0.1, 0.15) is 6.04 Å². The lowest BCUT2D eigenvalue weighted by Gasteiger charge is -2.24. The van der Waals surface area contributed by atoms with Crippen LogP contribution in [0.15, 0.2) is 24.3 Å². The van der Waals surface area contributed by atoms with Crippen molar-refractivity contribution in [3.63, 3.8) is 0 Å². The Hall–Kier alpha value is -1.89. The number of nitrogens with zero attached hydrogens (tertiary/aromatic N) is 1. The minimum atomic E-state index is -1.02. The Kier molecular flexibility index (Phi) is 4.39. The Morgan fingerprint density at radius 3 is 2.80 bits per heavy atom. The van der Waals surface area contributed by atoms with Gasteiger partial charge in [0.25, 0.3) is 5.91 Å². The van der Waals surface area contributed by atoms with Gasteiger partial charge in [0.15, 0.2) is 18.1 Å². The number of benzene rings is 1. The third-order valence-electron chi connectivity index (χ3n) is 3.01. The molecule has 2 unspecified atom stereocenters. The van der Waals surface area contributed by atoms with E-state index < -0.39 is 17.9 Å². The number of hydrogen-bond acceptors (Lipinski definition) is 5. The van der Waals surface area contributed by atoms with Gasteiger partial charge in [-0.05, 0) is 19.1 Å². The molecule has 0 aromatic heterocycles. The molecule has 2 N–H and O–H groups in total. The molecule has 1 aliphatic rings. The minimum Gasteiger partial charge on any atom is -0.504 e. The number of carboxylic acid groups (broad SMARTS) is 1. The zero-order chi connectivity index (χ0) is 14.7. The molecule has 1 aromatic rings. The van der Waals surface area contributed by atoms with Crippen molar-refractivity contribution in [1.29, 1.82) is 0 Å². The fourth-order valence-corrected chi connectivity index (χ4v) is 3.19. The van der Waals surface area contributed by atoms with E-state index in [1.54, 1.807) is 25.1 Å². The van der Waals surface area contributed by atoms with Crippen molar-refractivity contribution in [3.05, 3.63) is 24.3 Å². The average Bonchev–Trinajstić information content (AvgIpc) is 2.79. The van der Waals surface area contributed by atoms with Gasteiger partial charge >= 0.3 is 5.97 Å². The molecule has 1 aliphatic heterocycles. The number of thioether (sulfide) groups is 1. The van der Waals surface area contributed by atoms with Crippen LogP contribution in [0.2, 0.25) is 0 Å². The van der Waals surface area contributed by atoms with Crippen molar-refractivity contribution in [2.45, 2.75) is 18.3 Å². The maximum atomic E-state index is 12.1. The molecule has 7 heteroatoms. The van der Waals surface area contributed by atoms with Crippen molar-refractivity contribution in [2.24, 2.45) is 0 Å². The lowest BCUT2D eigenvalue weighted by molar-refractivity contribution is -0.149. The summed E-state index contributed by atoms with van der Waals surface area (Å²) in [5.41, 5.74) is 0. The van der Waals surface area contributed by atoms with Gasteiger partial charge in [0.05, 0.1) is 5.37 Å². The van der Waals surface area contributed by atoms with Gasteiger partial charge in [-0.2, -0.15) is 0 Å². The van der Waals surface area contributed by atoms with Crippen LogP contribution in [-0.2, 0) is 9.59 Å². The molecule has 1 saturated heterocycles. The molecule has 0 radical (unpaired) electrons. The summed E-state index contributed by atoms with van der Waals surface area (Å²) in [5.74, 6) is -0.902. The lowest BCUT2D eigenvalue weighted by Crippen LogP contribution is -2.46. The second-order valence-electron chi connectivity index (χ2n) is 4.34. The Morgan fingerprint density at radius 2 is 2.15 bits per heavy atom. The Bertz CT molecular complexity index is 521. The van der Waals surface area contributed by atoms with Crippen LogP contribution < -0.4 is 4.74 Å². The SMILES string of the molecule is CC1SCC(C(=O)O)N1C(=O)COc1ccccc1O. The van der Waals surface area contributed by atoms with Crippen LogP contribution in [0.3, 0.4) is 0 Å². The fourth-order valence-electron chi connectivity index (χ4n) is 2.00. The van der Waals surface area contributed by atoms with Crippen LogP contribution in [0, 0.1) is 0 Å². The summed E-state index contributed by atoms with van der Waals surface area (Å²) in [7, 11) is 0. The van der Waals surface area contributed by atoms with Crippen LogP contribution in [0.25, 0.3) is 0 Å². The second-order valence-corrected chi connectivity index (χ2v) is 5.69. The number of carbonyl (C=O) groups excluding carboxylic acids is 1. The van der Waals surface area contributed by atoms with Crippen molar-refractivity contribution < 1.29 is 24.5 Å². The molecule has 0 spiro atoms. The van der Waals surface area contributed by atoms with E-state index in [0.29, 0.717) is 5.75 Å². The number of rotatable bonds is 4. The average molecular weight is 297 g/mol. The smallest absolute Gasteiger partial charge is 0.327 e. The zero-order valence-electron chi connectivity index (χ0n) is 10.9. The van der Waals surface area contributed by atoms with Crippen molar-refractivity contribution in [1.82, 2.24) is 4.90 Å². The first-order chi connectivity index (χ1) is 9.50. The number of amides is 1. The molecule has 1 fully saturated rings. The van der Waals surface area contributed by atoms with E-state index in [0.717, 1.165) is 0 Å². The maximum Gasteiger partial charge on any atom is 0.327 e. The summed E-state index contributed by atoms with van der Waals surface area (Å²) < 4.78 is 5.24. The van der Waals surface area contributed by atoms with Crippen LogP contribution in [0.5, 0.6) is 11.5 Å². The second kappa shape index (κ2) is 6.04. The number of carboxylic acids is 1. The summed E-state index contributed by atoms with van der Waals surface area (Å²) in [6, 6.07) is 5.49. The van der Waals surface area contributed by atoms with E-state index in [2.05, 4.69) is 0 Å². The topological polar surface area (TPSA) is 87.1 Å². The van der Waals surface area contributed by atoms with Crippen molar-refractivity contribution in [3.8, 4) is 11.5 Å². The largest absolute Gasteiger partial charge is 0.504 e. The summed E-state index contributed by atoms with van der Waals surface area (Å²) in [4.78, 5) is 24.5. The van der Waals surface area contributed by atoms with Crippen molar-refractivity contribution >= 4 is 23.6 Å². The summed E-state index contributed by atoms with van der Waals surface area (Å²) >= 11 is 1.41. The molecule has 0 saturated carbocycles. The Balaban J connectivity index is 2.01. The summed E-state index contributed by atoms with van der Waals surface area (Å²) in [6.45, 7) is 1.48. The molecular weight excluding hydrogens is 282 g/mol. The highest BCUT2D eigenvalue weighted by Crippen LogP contribution is 2.29. The fraction of sp³-hybridized carbons (Fsp3) is 0.385. The standard InChI is InChI=1S/C13H15NO5S/c1-8-14(9(7-20-8)13(17)18)12(16)6-19-11-5-3-2-4-10(11)15/h2-5,8-9,15H,6-7H2,1H3,(H,17,18). The molecule has 1 heterocycles. The molecular formula is C13H15NO5S. The number of phenols is 1. The number of para-hydroxylation sites is 2. The molecule has 2 atom stereocenters. The molecule has 20 heavy (non-hydrogen) atoms. The highest BCUT2D eigenvalue weighted by atomic mass is 32.2. The van der Waals surface area contributed by atoms with E-state index in [9.17, 15) is 14.7 Å². The lowest BCUT2D eigenvalue weighted by atomic mass is 10.3. The van der Waals surface area contributed by atoms with Crippen LogP contribution in [0.4, 0.5) is 0 Å². The van der Waals surface area contributed by atoms with E-state index in [4.69, 9.17) is 9.84 Å². The summed E-state index contributed by atoms with van der Waals surface area (Å²) in [6.07, 6.45) is 0. The molecule has 0 aliphatic carbocycles. The summed E-state index contributed by atoms with van der Waals surface area (Å²) in [5, 5.41) is 18.4. The van der Waals surface area contributed by atoms with Crippen LogP contribution in [0.1, 0.15) is 6.92 Å². The number of carbonyl (C=O) groups is 2. The number of aliphatic carboxylic acids is 1. The predicted molar refractivity (Wildman–Crippen MR) is 73.8 cm³/mol. The first kappa shape index (κ1) is 14.5. The van der Waals surface area contributed by atoms with Crippen LogP contribution >= 0.6 is 11.8 Å². The van der Waals surface area contributed by atoms with E-state index in [1.807, 2.05) is 0 Å². The number of hydrogen-bond donors (Lipinski definition) is 2.